The number of hydrazine groups is 1. The molecule has 3 N–H and O–H groups in total. The summed E-state index contributed by atoms with van der Waals surface area (Å²) in [6.45, 7) is 0. The zero-order chi connectivity index (χ0) is 13.5. The van der Waals surface area contributed by atoms with Gasteiger partial charge < -0.3 is 5.11 Å². The number of hydrogen-bond acceptors (Lipinski definition) is 4. The fourth-order valence-corrected chi connectivity index (χ4v) is 2.22. The van der Waals surface area contributed by atoms with Gasteiger partial charge in [0.25, 0.3) is 0 Å². The summed E-state index contributed by atoms with van der Waals surface area (Å²) in [7, 11) is 0. The van der Waals surface area contributed by atoms with E-state index in [4.69, 9.17) is 5.84 Å². The Morgan fingerprint density at radius 1 is 1.16 bits per heavy atom. The quantitative estimate of drug-likeness (QED) is 0.767. The van der Waals surface area contributed by atoms with Crippen molar-refractivity contribution in [1.82, 2.24) is 5.01 Å². The predicted octanol–water partition coefficient (Wildman–Crippen LogP) is 1.87. The van der Waals surface area contributed by atoms with Crippen molar-refractivity contribution in [2.45, 2.75) is 5.72 Å². The van der Waals surface area contributed by atoms with E-state index in [0.717, 1.165) is 5.01 Å². The Morgan fingerprint density at radius 2 is 1.89 bits per heavy atom. The lowest BCUT2D eigenvalue weighted by molar-refractivity contribution is -0.0376. The van der Waals surface area contributed by atoms with Crippen LogP contribution in [0.2, 0.25) is 0 Å². The molecule has 1 aliphatic heterocycles. The van der Waals surface area contributed by atoms with Crippen molar-refractivity contribution in [2.75, 3.05) is 0 Å². The zero-order valence-corrected chi connectivity index (χ0v) is 9.99. The van der Waals surface area contributed by atoms with Crippen LogP contribution in [-0.4, -0.2) is 16.5 Å². The average molecular weight is 257 g/mol. The number of rotatable bonds is 1. The van der Waals surface area contributed by atoms with Crippen LogP contribution in [0.4, 0.5) is 10.1 Å². The van der Waals surface area contributed by atoms with E-state index in [0.29, 0.717) is 16.8 Å². The Labute approximate surface area is 109 Å². The van der Waals surface area contributed by atoms with Crippen molar-refractivity contribution in [3.05, 3.63) is 65.5 Å². The first-order valence-electron chi connectivity index (χ1n) is 5.78. The normalized spacial score (nSPS) is 21.3. The van der Waals surface area contributed by atoms with Gasteiger partial charge in [-0.15, -0.1) is 0 Å². The summed E-state index contributed by atoms with van der Waals surface area (Å²) >= 11 is 0. The van der Waals surface area contributed by atoms with E-state index in [9.17, 15) is 9.50 Å². The van der Waals surface area contributed by atoms with Crippen LogP contribution in [0.1, 0.15) is 11.1 Å². The molecule has 1 aliphatic rings. The van der Waals surface area contributed by atoms with Gasteiger partial charge in [0.1, 0.15) is 12.2 Å². The van der Waals surface area contributed by atoms with Crippen molar-refractivity contribution >= 4 is 12.0 Å². The summed E-state index contributed by atoms with van der Waals surface area (Å²) in [4.78, 5) is 4.09. The van der Waals surface area contributed by atoms with Gasteiger partial charge in [-0.05, 0) is 18.2 Å². The number of hydrogen-bond donors (Lipinski definition) is 2. The van der Waals surface area contributed by atoms with Crippen LogP contribution < -0.4 is 5.84 Å². The molecule has 0 bridgehead atoms. The molecule has 2 aromatic rings. The standard InChI is InChI=1S/C14H12FN3O/c15-11-6-7-13-12(8-11)14(19,18(16)9-17-13)10-4-2-1-3-5-10/h1-9,19H,16H2. The number of benzene rings is 2. The molecule has 19 heavy (non-hydrogen) atoms. The van der Waals surface area contributed by atoms with Gasteiger partial charge in [-0.3, -0.25) is 5.01 Å². The van der Waals surface area contributed by atoms with Gasteiger partial charge in [0, 0.05) is 11.1 Å². The molecule has 5 heteroatoms. The van der Waals surface area contributed by atoms with E-state index in [1.807, 2.05) is 6.07 Å². The number of aliphatic hydroxyl groups is 1. The molecule has 1 unspecified atom stereocenters. The molecule has 3 rings (SSSR count). The van der Waals surface area contributed by atoms with Crippen LogP contribution in [0.3, 0.4) is 0 Å². The van der Waals surface area contributed by atoms with E-state index in [-0.39, 0.29) is 0 Å². The maximum atomic E-state index is 13.5. The number of nitrogens with zero attached hydrogens (tertiary/aromatic N) is 2. The van der Waals surface area contributed by atoms with Gasteiger partial charge in [0.15, 0.2) is 0 Å². The minimum absolute atomic E-state index is 0.323. The van der Waals surface area contributed by atoms with E-state index in [1.165, 1.54) is 24.5 Å². The lowest BCUT2D eigenvalue weighted by Crippen LogP contribution is -2.52. The number of halogens is 1. The number of aliphatic imine (C=N–C) groups is 1. The second kappa shape index (κ2) is 4.15. The molecule has 0 fully saturated rings. The number of fused-ring (bicyclic) bond motifs is 1. The topological polar surface area (TPSA) is 61.8 Å². The maximum absolute atomic E-state index is 13.5. The van der Waals surface area contributed by atoms with Gasteiger partial charge in [-0.25, -0.2) is 15.2 Å². The second-order valence-electron chi connectivity index (χ2n) is 4.35. The lowest BCUT2D eigenvalue weighted by atomic mass is 9.91. The SMILES string of the molecule is NN1C=Nc2ccc(F)cc2C1(O)c1ccccc1. The highest BCUT2D eigenvalue weighted by Crippen LogP contribution is 2.39. The first kappa shape index (κ1) is 11.8. The molecule has 0 spiro atoms. The highest BCUT2D eigenvalue weighted by molar-refractivity contribution is 5.70. The smallest absolute Gasteiger partial charge is 0.207 e. The fourth-order valence-electron chi connectivity index (χ4n) is 2.22. The number of nitrogens with two attached hydrogens (primary N) is 1. The second-order valence-corrected chi connectivity index (χ2v) is 4.35. The van der Waals surface area contributed by atoms with Crippen molar-refractivity contribution in [2.24, 2.45) is 10.8 Å². The first-order chi connectivity index (χ1) is 9.12. The largest absolute Gasteiger partial charge is 0.362 e. The molecule has 4 nitrogen and oxygen atoms in total. The van der Waals surface area contributed by atoms with E-state index in [1.54, 1.807) is 24.3 Å². The summed E-state index contributed by atoms with van der Waals surface area (Å²) in [5, 5.41) is 12.0. The average Bonchev–Trinajstić information content (AvgIpc) is 2.44. The predicted molar refractivity (Wildman–Crippen MR) is 70.0 cm³/mol. The molecule has 0 saturated heterocycles. The molecule has 1 atom stereocenters. The van der Waals surface area contributed by atoms with Crippen molar-refractivity contribution in [1.29, 1.82) is 0 Å². The summed E-state index contributed by atoms with van der Waals surface area (Å²) < 4.78 is 13.5. The Kier molecular flexibility index (Phi) is 2.58. The summed E-state index contributed by atoms with van der Waals surface area (Å²) in [5.41, 5.74) is -0.255. The Hall–Kier alpha value is -2.24. The van der Waals surface area contributed by atoms with Crippen molar-refractivity contribution in [3.63, 3.8) is 0 Å². The zero-order valence-electron chi connectivity index (χ0n) is 9.99. The van der Waals surface area contributed by atoms with Crippen molar-refractivity contribution < 1.29 is 9.50 Å². The third-order valence-corrected chi connectivity index (χ3v) is 3.21. The van der Waals surface area contributed by atoms with Gasteiger partial charge in [0.2, 0.25) is 5.72 Å². The minimum Gasteiger partial charge on any atom is -0.362 e. The third-order valence-electron chi connectivity index (χ3n) is 3.21. The Bertz CT molecular complexity index is 644. The highest BCUT2D eigenvalue weighted by atomic mass is 19.1. The summed E-state index contributed by atoms with van der Waals surface area (Å²) in [5.74, 6) is 5.38. The molecular weight excluding hydrogens is 245 g/mol. The van der Waals surface area contributed by atoms with Gasteiger partial charge in [0.05, 0.1) is 5.69 Å². The minimum atomic E-state index is -1.62. The van der Waals surface area contributed by atoms with Crippen LogP contribution in [0.5, 0.6) is 0 Å². The first-order valence-corrected chi connectivity index (χ1v) is 5.78. The van der Waals surface area contributed by atoms with E-state index in [2.05, 4.69) is 4.99 Å². The molecule has 0 saturated carbocycles. The maximum Gasteiger partial charge on any atom is 0.207 e. The van der Waals surface area contributed by atoms with E-state index < -0.39 is 11.5 Å². The Morgan fingerprint density at radius 3 is 2.63 bits per heavy atom. The molecule has 96 valence electrons. The lowest BCUT2D eigenvalue weighted by Gasteiger charge is -2.38. The van der Waals surface area contributed by atoms with Crippen LogP contribution in [0.15, 0.2) is 53.5 Å². The van der Waals surface area contributed by atoms with Gasteiger partial charge >= 0.3 is 0 Å². The fraction of sp³-hybridized carbons (Fsp3) is 0.0714. The molecule has 0 aromatic heterocycles. The molecule has 1 heterocycles. The molecule has 0 radical (unpaired) electrons. The van der Waals surface area contributed by atoms with Crippen LogP contribution in [0.25, 0.3) is 0 Å². The van der Waals surface area contributed by atoms with Crippen LogP contribution in [0, 0.1) is 5.82 Å². The van der Waals surface area contributed by atoms with Crippen LogP contribution >= 0.6 is 0 Å². The molecule has 0 aliphatic carbocycles. The molecule has 0 amide bonds. The highest BCUT2D eigenvalue weighted by Gasteiger charge is 2.40. The van der Waals surface area contributed by atoms with Gasteiger partial charge in [-0.1, -0.05) is 30.3 Å². The van der Waals surface area contributed by atoms with Crippen LogP contribution in [-0.2, 0) is 5.72 Å². The summed E-state index contributed by atoms with van der Waals surface area (Å²) in [6.07, 6.45) is 1.33. The van der Waals surface area contributed by atoms with E-state index >= 15 is 0 Å². The molecular formula is C14H12FN3O. The third kappa shape index (κ3) is 1.71. The van der Waals surface area contributed by atoms with Crippen molar-refractivity contribution in [3.8, 4) is 0 Å². The molecule has 2 aromatic carbocycles. The summed E-state index contributed by atoms with van der Waals surface area (Å²) in [6, 6.07) is 12.9. The Balaban J connectivity index is 2.26. The monoisotopic (exact) mass is 257 g/mol. The van der Waals surface area contributed by atoms with Gasteiger partial charge in [-0.2, -0.15) is 0 Å².